The second-order valence-electron chi connectivity index (χ2n) is 4.85. The average molecular weight is 256 g/mol. The van der Waals surface area contributed by atoms with Crippen molar-refractivity contribution in [2.75, 3.05) is 24.6 Å². The van der Waals surface area contributed by atoms with Crippen LogP contribution in [0.1, 0.15) is 32.0 Å². The lowest BCUT2D eigenvalue weighted by Gasteiger charge is -2.18. The minimum atomic E-state index is 0.242. The number of aromatic nitrogens is 2. The van der Waals surface area contributed by atoms with Crippen molar-refractivity contribution in [2.24, 2.45) is 5.92 Å². The van der Waals surface area contributed by atoms with Crippen LogP contribution in [0.4, 0.5) is 5.82 Å². The Bertz CT molecular complexity index is 397. The van der Waals surface area contributed by atoms with Crippen LogP contribution in [-0.4, -0.2) is 34.8 Å². The van der Waals surface area contributed by atoms with Gasteiger partial charge in [0.15, 0.2) is 0 Å². The van der Waals surface area contributed by atoms with Gasteiger partial charge in [-0.2, -0.15) is 0 Å². The molecule has 1 fully saturated rings. The first-order chi connectivity index (χ1) is 8.10. The molecule has 1 aliphatic heterocycles. The van der Waals surface area contributed by atoms with Crippen molar-refractivity contribution in [1.29, 1.82) is 0 Å². The Hall–Kier alpha value is -0.870. The quantitative estimate of drug-likeness (QED) is 0.840. The lowest BCUT2D eigenvalue weighted by molar-refractivity contribution is 0.238. The summed E-state index contributed by atoms with van der Waals surface area (Å²) in [5.41, 5.74) is 0. The highest BCUT2D eigenvalue weighted by molar-refractivity contribution is 6.29. The van der Waals surface area contributed by atoms with Gasteiger partial charge in [-0.05, 0) is 6.42 Å². The van der Waals surface area contributed by atoms with Crippen LogP contribution < -0.4 is 4.90 Å². The van der Waals surface area contributed by atoms with Gasteiger partial charge in [-0.15, -0.1) is 0 Å². The number of aliphatic hydroxyl groups excluding tert-OH is 1. The van der Waals surface area contributed by atoms with E-state index in [2.05, 4.69) is 28.7 Å². The first kappa shape index (κ1) is 12.6. The molecule has 0 amide bonds. The van der Waals surface area contributed by atoms with Crippen LogP contribution in [0.15, 0.2) is 6.07 Å². The zero-order valence-corrected chi connectivity index (χ0v) is 11.0. The standard InChI is InChI=1S/C12H18ClN3O/c1-8(2)12-14-10(13)5-11(15-12)16-4-3-9(6-16)7-17/h5,8-9,17H,3-4,6-7H2,1-2H3. The molecule has 0 bridgehead atoms. The Morgan fingerprint density at radius 1 is 1.53 bits per heavy atom. The number of rotatable bonds is 3. The Labute approximate surface area is 107 Å². The molecule has 1 aromatic heterocycles. The molecule has 4 nitrogen and oxygen atoms in total. The molecule has 2 rings (SSSR count). The Morgan fingerprint density at radius 3 is 2.88 bits per heavy atom. The molecule has 0 radical (unpaired) electrons. The van der Waals surface area contributed by atoms with Crippen LogP contribution in [0, 0.1) is 5.92 Å². The van der Waals surface area contributed by atoms with E-state index in [4.69, 9.17) is 16.7 Å². The average Bonchev–Trinajstić information content (AvgIpc) is 2.76. The molecule has 17 heavy (non-hydrogen) atoms. The van der Waals surface area contributed by atoms with Gasteiger partial charge >= 0.3 is 0 Å². The highest BCUT2D eigenvalue weighted by Gasteiger charge is 2.23. The highest BCUT2D eigenvalue weighted by atomic mass is 35.5. The first-order valence-electron chi connectivity index (χ1n) is 6.00. The second-order valence-corrected chi connectivity index (χ2v) is 5.23. The van der Waals surface area contributed by atoms with E-state index in [0.717, 1.165) is 31.2 Å². The van der Waals surface area contributed by atoms with Gasteiger partial charge < -0.3 is 10.0 Å². The monoisotopic (exact) mass is 255 g/mol. The topological polar surface area (TPSA) is 49.2 Å². The van der Waals surface area contributed by atoms with Gasteiger partial charge in [0.05, 0.1) is 0 Å². The summed E-state index contributed by atoms with van der Waals surface area (Å²) < 4.78 is 0. The van der Waals surface area contributed by atoms with Gasteiger partial charge in [0.2, 0.25) is 0 Å². The lowest BCUT2D eigenvalue weighted by atomic mass is 10.1. The Kier molecular flexibility index (Phi) is 3.84. The van der Waals surface area contributed by atoms with Gasteiger partial charge in [-0.1, -0.05) is 25.4 Å². The van der Waals surface area contributed by atoms with Crippen LogP contribution in [0.2, 0.25) is 5.15 Å². The molecule has 0 aromatic carbocycles. The fraction of sp³-hybridized carbons (Fsp3) is 0.667. The van der Waals surface area contributed by atoms with Crippen molar-refractivity contribution in [3.8, 4) is 0 Å². The van der Waals surface area contributed by atoms with E-state index in [1.165, 1.54) is 0 Å². The fourth-order valence-corrected chi connectivity index (χ4v) is 2.22. The summed E-state index contributed by atoms with van der Waals surface area (Å²) in [5, 5.41) is 9.63. The van der Waals surface area contributed by atoms with E-state index in [9.17, 15) is 0 Å². The molecular weight excluding hydrogens is 238 g/mol. The molecule has 1 saturated heterocycles. The number of nitrogens with zero attached hydrogens (tertiary/aromatic N) is 3. The fourth-order valence-electron chi connectivity index (χ4n) is 2.03. The molecule has 0 aliphatic carbocycles. The summed E-state index contributed by atoms with van der Waals surface area (Å²) in [7, 11) is 0. The van der Waals surface area contributed by atoms with E-state index < -0.39 is 0 Å². The maximum Gasteiger partial charge on any atom is 0.135 e. The van der Waals surface area contributed by atoms with Crippen molar-refractivity contribution < 1.29 is 5.11 Å². The van der Waals surface area contributed by atoms with Crippen molar-refractivity contribution in [3.63, 3.8) is 0 Å². The number of halogens is 1. The van der Waals surface area contributed by atoms with Gasteiger partial charge in [0, 0.05) is 37.6 Å². The molecule has 1 aliphatic rings. The molecular formula is C12H18ClN3O. The summed E-state index contributed by atoms with van der Waals surface area (Å²) in [6.45, 7) is 6.12. The van der Waals surface area contributed by atoms with Gasteiger partial charge in [0.1, 0.15) is 16.8 Å². The SMILES string of the molecule is CC(C)c1nc(Cl)cc(N2CCC(CO)C2)n1. The van der Waals surface area contributed by atoms with Gasteiger partial charge in [-0.25, -0.2) is 9.97 Å². The Morgan fingerprint density at radius 2 is 2.29 bits per heavy atom. The molecule has 1 atom stereocenters. The van der Waals surface area contributed by atoms with Crippen molar-refractivity contribution in [2.45, 2.75) is 26.2 Å². The zero-order valence-electron chi connectivity index (χ0n) is 10.2. The number of aliphatic hydroxyl groups is 1. The van der Waals surface area contributed by atoms with Crippen LogP contribution >= 0.6 is 11.6 Å². The highest BCUT2D eigenvalue weighted by Crippen LogP contribution is 2.25. The lowest BCUT2D eigenvalue weighted by Crippen LogP contribution is -2.22. The predicted molar refractivity (Wildman–Crippen MR) is 68.5 cm³/mol. The number of hydrogen-bond donors (Lipinski definition) is 1. The van der Waals surface area contributed by atoms with E-state index >= 15 is 0 Å². The minimum absolute atomic E-state index is 0.242. The van der Waals surface area contributed by atoms with E-state index in [1.807, 2.05) is 0 Å². The molecule has 5 heteroatoms. The normalized spacial score (nSPS) is 20.3. The van der Waals surface area contributed by atoms with E-state index in [-0.39, 0.29) is 12.5 Å². The largest absolute Gasteiger partial charge is 0.396 e. The summed E-state index contributed by atoms with van der Waals surface area (Å²) in [6.07, 6.45) is 1.01. The smallest absolute Gasteiger partial charge is 0.135 e. The van der Waals surface area contributed by atoms with Crippen molar-refractivity contribution in [1.82, 2.24) is 9.97 Å². The number of anilines is 1. The molecule has 0 spiro atoms. The third-order valence-corrected chi connectivity index (χ3v) is 3.28. The molecule has 0 saturated carbocycles. The summed E-state index contributed by atoms with van der Waals surface area (Å²) in [4.78, 5) is 10.9. The third-order valence-electron chi connectivity index (χ3n) is 3.08. The van der Waals surface area contributed by atoms with Crippen LogP contribution in [0.5, 0.6) is 0 Å². The van der Waals surface area contributed by atoms with E-state index in [1.54, 1.807) is 6.07 Å². The molecule has 1 aromatic rings. The molecule has 1 unspecified atom stereocenters. The summed E-state index contributed by atoms with van der Waals surface area (Å²) in [6, 6.07) is 1.80. The predicted octanol–water partition coefficient (Wildman–Crippen LogP) is 2.07. The van der Waals surface area contributed by atoms with Gasteiger partial charge in [0.25, 0.3) is 0 Å². The van der Waals surface area contributed by atoms with E-state index in [0.29, 0.717) is 11.1 Å². The van der Waals surface area contributed by atoms with Crippen LogP contribution in [-0.2, 0) is 0 Å². The van der Waals surface area contributed by atoms with Crippen molar-refractivity contribution >= 4 is 17.4 Å². The third kappa shape index (κ3) is 2.87. The van der Waals surface area contributed by atoms with Crippen molar-refractivity contribution in [3.05, 3.63) is 17.0 Å². The van der Waals surface area contributed by atoms with Gasteiger partial charge in [-0.3, -0.25) is 0 Å². The Balaban J connectivity index is 2.21. The second kappa shape index (κ2) is 5.19. The number of hydrogen-bond acceptors (Lipinski definition) is 4. The first-order valence-corrected chi connectivity index (χ1v) is 6.38. The summed E-state index contributed by atoms with van der Waals surface area (Å²) in [5.74, 6) is 2.28. The maximum atomic E-state index is 9.14. The maximum absolute atomic E-state index is 9.14. The molecule has 1 N–H and O–H groups in total. The molecule has 2 heterocycles. The van der Waals surface area contributed by atoms with Crippen LogP contribution in [0.25, 0.3) is 0 Å². The van der Waals surface area contributed by atoms with Crippen LogP contribution in [0.3, 0.4) is 0 Å². The zero-order chi connectivity index (χ0) is 12.4. The summed E-state index contributed by atoms with van der Waals surface area (Å²) >= 11 is 6.02. The minimum Gasteiger partial charge on any atom is -0.396 e. The molecule has 94 valence electrons.